The standard InChI is InChI=1S/C11H9FS/c1-8-2-7-11(13-8)9-3-5-10(12)6-4-9/h2-7H,1H3. The van der Waals surface area contributed by atoms with Crippen LogP contribution in [0.3, 0.4) is 0 Å². The lowest BCUT2D eigenvalue weighted by atomic mass is 10.2. The van der Waals surface area contributed by atoms with Crippen LogP contribution in [0.5, 0.6) is 0 Å². The third-order valence-corrected chi connectivity index (χ3v) is 2.92. The van der Waals surface area contributed by atoms with Crippen LogP contribution in [0.15, 0.2) is 36.4 Å². The van der Waals surface area contributed by atoms with Gasteiger partial charge in [0.1, 0.15) is 5.82 Å². The fourth-order valence-corrected chi connectivity index (χ4v) is 2.08. The highest BCUT2D eigenvalue weighted by atomic mass is 32.1. The molecule has 2 heteroatoms. The molecule has 0 N–H and O–H groups in total. The molecule has 0 saturated heterocycles. The van der Waals surface area contributed by atoms with E-state index in [4.69, 9.17) is 0 Å². The van der Waals surface area contributed by atoms with E-state index in [-0.39, 0.29) is 5.82 Å². The number of hydrogen-bond acceptors (Lipinski definition) is 1. The lowest BCUT2D eigenvalue weighted by molar-refractivity contribution is 0.628. The average molecular weight is 192 g/mol. The Hall–Kier alpha value is -1.15. The number of aryl methyl sites for hydroxylation is 1. The summed E-state index contributed by atoms with van der Waals surface area (Å²) in [6, 6.07) is 10.7. The van der Waals surface area contributed by atoms with Crippen molar-refractivity contribution in [2.45, 2.75) is 6.92 Å². The SMILES string of the molecule is Cc1ccc(-c2ccc(F)cc2)s1. The van der Waals surface area contributed by atoms with E-state index in [0.717, 1.165) is 5.56 Å². The normalized spacial score (nSPS) is 10.3. The molecule has 0 saturated carbocycles. The van der Waals surface area contributed by atoms with Crippen LogP contribution in [0.4, 0.5) is 4.39 Å². The van der Waals surface area contributed by atoms with Gasteiger partial charge in [-0.2, -0.15) is 0 Å². The second-order valence-corrected chi connectivity index (χ2v) is 4.21. The number of halogens is 1. The number of thiophene rings is 1. The molecule has 0 nitrogen and oxygen atoms in total. The maximum absolute atomic E-state index is 12.6. The predicted molar refractivity (Wildman–Crippen MR) is 54.5 cm³/mol. The highest BCUT2D eigenvalue weighted by Crippen LogP contribution is 2.27. The van der Waals surface area contributed by atoms with Gasteiger partial charge in [-0.1, -0.05) is 12.1 Å². The zero-order valence-electron chi connectivity index (χ0n) is 7.25. The molecule has 1 aromatic carbocycles. The van der Waals surface area contributed by atoms with E-state index >= 15 is 0 Å². The molecule has 1 aromatic heterocycles. The number of hydrogen-bond donors (Lipinski definition) is 0. The van der Waals surface area contributed by atoms with Crippen LogP contribution in [0.1, 0.15) is 4.88 Å². The van der Waals surface area contributed by atoms with E-state index in [9.17, 15) is 4.39 Å². The third kappa shape index (κ3) is 1.78. The summed E-state index contributed by atoms with van der Waals surface area (Å²) in [6.07, 6.45) is 0. The highest BCUT2D eigenvalue weighted by Gasteiger charge is 1.99. The molecule has 0 unspecified atom stereocenters. The number of rotatable bonds is 1. The number of benzene rings is 1. The summed E-state index contributed by atoms with van der Waals surface area (Å²) in [5.74, 6) is -0.183. The molecule has 2 aromatic rings. The van der Waals surface area contributed by atoms with Crippen molar-refractivity contribution in [1.29, 1.82) is 0 Å². The van der Waals surface area contributed by atoms with Gasteiger partial charge < -0.3 is 0 Å². The zero-order valence-corrected chi connectivity index (χ0v) is 8.07. The lowest BCUT2D eigenvalue weighted by Crippen LogP contribution is -1.73. The zero-order chi connectivity index (χ0) is 9.26. The van der Waals surface area contributed by atoms with Gasteiger partial charge in [0, 0.05) is 9.75 Å². The molecule has 0 bridgehead atoms. The van der Waals surface area contributed by atoms with Crippen molar-refractivity contribution in [1.82, 2.24) is 0 Å². The summed E-state index contributed by atoms with van der Waals surface area (Å²) >= 11 is 1.72. The first-order chi connectivity index (χ1) is 6.25. The minimum atomic E-state index is -0.183. The fourth-order valence-electron chi connectivity index (χ4n) is 1.20. The fraction of sp³-hybridized carbons (Fsp3) is 0.0909. The maximum atomic E-state index is 12.6. The Morgan fingerprint density at radius 3 is 2.23 bits per heavy atom. The molecule has 0 aliphatic carbocycles. The minimum absolute atomic E-state index is 0.183. The van der Waals surface area contributed by atoms with Gasteiger partial charge in [0.15, 0.2) is 0 Å². The lowest BCUT2D eigenvalue weighted by Gasteiger charge is -1.95. The van der Waals surface area contributed by atoms with Crippen LogP contribution in [0, 0.1) is 12.7 Å². The molecular weight excluding hydrogens is 183 g/mol. The van der Waals surface area contributed by atoms with E-state index < -0.39 is 0 Å². The van der Waals surface area contributed by atoms with Crippen molar-refractivity contribution in [3.8, 4) is 10.4 Å². The molecule has 2 rings (SSSR count). The van der Waals surface area contributed by atoms with Crippen molar-refractivity contribution >= 4 is 11.3 Å². The average Bonchev–Trinajstić information content (AvgIpc) is 2.53. The van der Waals surface area contributed by atoms with Gasteiger partial charge in [-0.3, -0.25) is 0 Å². The summed E-state index contributed by atoms with van der Waals surface area (Å²) in [6.45, 7) is 2.07. The second kappa shape index (κ2) is 3.30. The Bertz CT molecular complexity index is 400. The highest BCUT2D eigenvalue weighted by molar-refractivity contribution is 7.15. The van der Waals surface area contributed by atoms with Gasteiger partial charge in [-0.15, -0.1) is 11.3 Å². The molecule has 66 valence electrons. The van der Waals surface area contributed by atoms with Crippen LogP contribution < -0.4 is 0 Å². The second-order valence-electron chi connectivity index (χ2n) is 2.92. The van der Waals surface area contributed by atoms with Gasteiger partial charge in [0.2, 0.25) is 0 Å². The van der Waals surface area contributed by atoms with Crippen molar-refractivity contribution in [3.05, 3.63) is 47.1 Å². The monoisotopic (exact) mass is 192 g/mol. The van der Waals surface area contributed by atoms with Crippen molar-refractivity contribution in [2.75, 3.05) is 0 Å². The Kier molecular flexibility index (Phi) is 2.15. The van der Waals surface area contributed by atoms with E-state index in [0.29, 0.717) is 0 Å². The largest absolute Gasteiger partial charge is 0.207 e. The Labute approximate surface area is 80.7 Å². The first-order valence-corrected chi connectivity index (χ1v) is 4.90. The molecule has 0 radical (unpaired) electrons. The first kappa shape index (κ1) is 8.45. The molecule has 0 fully saturated rings. The van der Waals surface area contributed by atoms with Crippen molar-refractivity contribution in [2.24, 2.45) is 0 Å². The third-order valence-electron chi connectivity index (χ3n) is 1.87. The Morgan fingerprint density at radius 1 is 1.00 bits per heavy atom. The molecule has 0 spiro atoms. The smallest absolute Gasteiger partial charge is 0.123 e. The van der Waals surface area contributed by atoms with Gasteiger partial charge in [-0.05, 0) is 36.8 Å². The van der Waals surface area contributed by atoms with Crippen LogP contribution in [0.25, 0.3) is 10.4 Å². The van der Waals surface area contributed by atoms with E-state index in [1.54, 1.807) is 23.5 Å². The van der Waals surface area contributed by atoms with Gasteiger partial charge in [0.05, 0.1) is 0 Å². The topological polar surface area (TPSA) is 0 Å². The molecular formula is C11H9FS. The molecule has 0 atom stereocenters. The summed E-state index contributed by atoms with van der Waals surface area (Å²) < 4.78 is 12.6. The summed E-state index contributed by atoms with van der Waals surface area (Å²) in [5, 5.41) is 0. The molecule has 1 heterocycles. The first-order valence-electron chi connectivity index (χ1n) is 4.08. The van der Waals surface area contributed by atoms with Crippen molar-refractivity contribution in [3.63, 3.8) is 0 Å². The molecule has 0 amide bonds. The van der Waals surface area contributed by atoms with E-state index in [2.05, 4.69) is 19.1 Å². The summed E-state index contributed by atoms with van der Waals surface area (Å²) in [4.78, 5) is 2.47. The maximum Gasteiger partial charge on any atom is 0.123 e. The van der Waals surface area contributed by atoms with Crippen LogP contribution in [0.2, 0.25) is 0 Å². The molecule has 0 aliphatic heterocycles. The van der Waals surface area contributed by atoms with E-state index in [1.165, 1.54) is 21.9 Å². The van der Waals surface area contributed by atoms with Crippen LogP contribution in [-0.4, -0.2) is 0 Å². The van der Waals surface area contributed by atoms with Crippen LogP contribution in [-0.2, 0) is 0 Å². The van der Waals surface area contributed by atoms with Gasteiger partial charge >= 0.3 is 0 Å². The van der Waals surface area contributed by atoms with Crippen molar-refractivity contribution < 1.29 is 4.39 Å². The van der Waals surface area contributed by atoms with E-state index in [1.807, 2.05) is 0 Å². The van der Waals surface area contributed by atoms with Crippen LogP contribution >= 0.6 is 11.3 Å². The molecule has 0 aliphatic rings. The Morgan fingerprint density at radius 2 is 1.69 bits per heavy atom. The summed E-state index contributed by atoms with van der Waals surface area (Å²) in [5.41, 5.74) is 1.08. The predicted octanol–water partition coefficient (Wildman–Crippen LogP) is 3.86. The van der Waals surface area contributed by atoms with Gasteiger partial charge in [0.25, 0.3) is 0 Å². The Balaban J connectivity index is 2.41. The quantitative estimate of drug-likeness (QED) is 0.643. The minimum Gasteiger partial charge on any atom is -0.207 e. The molecule has 13 heavy (non-hydrogen) atoms. The summed E-state index contributed by atoms with van der Waals surface area (Å²) in [7, 11) is 0. The van der Waals surface area contributed by atoms with Gasteiger partial charge in [-0.25, -0.2) is 4.39 Å².